The van der Waals surface area contributed by atoms with Crippen LogP contribution < -0.4 is 0 Å². The van der Waals surface area contributed by atoms with Crippen LogP contribution in [0.3, 0.4) is 0 Å². The molecule has 0 spiro atoms. The second kappa shape index (κ2) is 27.4. The Balaban J connectivity index is 3.25. The van der Waals surface area contributed by atoms with Crippen LogP contribution in [-0.2, 0) is 14.3 Å². The second-order valence-electron chi connectivity index (χ2n) is 9.47. The first-order valence-electron chi connectivity index (χ1n) is 14.3. The quantitative estimate of drug-likeness (QED) is 0.0787. The number of hydrogen-bond acceptors (Lipinski definition) is 4. The maximum absolute atomic E-state index is 11.4. The van der Waals surface area contributed by atoms with Crippen molar-refractivity contribution in [1.82, 2.24) is 0 Å². The summed E-state index contributed by atoms with van der Waals surface area (Å²) in [5, 5.41) is 9.25. The summed E-state index contributed by atoms with van der Waals surface area (Å²) >= 11 is 0. The first kappa shape index (κ1) is 32.1. The molecule has 0 aliphatic rings. The molecule has 0 aromatic heterocycles. The van der Waals surface area contributed by atoms with Gasteiger partial charge in [-0.1, -0.05) is 109 Å². The molecule has 33 heavy (non-hydrogen) atoms. The number of rotatable bonds is 26. The molecule has 0 saturated heterocycles. The maximum Gasteiger partial charge on any atom is 0.306 e. The Morgan fingerprint density at radius 1 is 0.697 bits per heavy atom. The fourth-order valence-electron chi connectivity index (χ4n) is 3.95. The molecule has 0 rings (SSSR count). The molecule has 0 bridgehead atoms. The van der Waals surface area contributed by atoms with Crippen LogP contribution in [0.5, 0.6) is 0 Å². The minimum atomic E-state index is -0.523. The third kappa shape index (κ3) is 25.6. The number of aliphatic hydroxyl groups is 1. The summed E-state index contributed by atoms with van der Waals surface area (Å²) in [5.74, 6) is -0.254. The van der Waals surface area contributed by atoms with Gasteiger partial charge in [0.1, 0.15) is 6.10 Å². The number of aliphatic hydroxyl groups excluding tert-OH is 1. The molecular formula is C29H56O4. The highest BCUT2D eigenvalue weighted by molar-refractivity contribution is 5.69. The molecule has 0 aromatic carbocycles. The van der Waals surface area contributed by atoms with Crippen LogP contribution >= 0.6 is 0 Å². The van der Waals surface area contributed by atoms with Gasteiger partial charge in [-0.05, 0) is 38.5 Å². The SMILES string of the molecule is CCCCCCCC/C=C\CCCCCCCCCCCCOCC(CO)OC(=O)CCC. The molecule has 1 unspecified atom stereocenters. The molecule has 1 N–H and O–H groups in total. The van der Waals surface area contributed by atoms with Gasteiger partial charge in [-0.2, -0.15) is 0 Å². The van der Waals surface area contributed by atoms with E-state index in [2.05, 4.69) is 19.1 Å². The number of ether oxygens (including phenoxy) is 2. The van der Waals surface area contributed by atoms with E-state index in [0.717, 1.165) is 12.8 Å². The first-order chi connectivity index (χ1) is 16.2. The van der Waals surface area contributed by atoms with Gasteiger partial charge >= 0.3 is 5.97 Å². The van der Waals surface area contributed by atoms with Gasteiger partial charge in [-0.15, -0.1) is 0 Å². The third-order valence-electron chi connectivity index (χ3n) is 6.06. The van der Waals surface area contributed by atoms with Crippen LogP contribution in [0.2, 0.25) is 0 Å². The average Bonchev–Trinajstić information content (AvgIpc) is 2.81. The van der Waals surface area contributed by atoms with E-state index in [1.165, 1.54) is 109 Å². The lowest BCUT2D eigenvalue weighted by molar-refractivity contribution is -0.154. The first-order valence-corrected chi connectivity index (χ1v) is 14.3. The van der Waals surface area contributed by atoms with Gasteiger partial charge in [0.25, 0.3) is 0 Å². The van der Waals surface area contributed by atoms with Gasteiger partial charge in [0.2, 0.25) is 0 Å². The Bertz CT molecular complexity index is 422. The fraction of sp³-hybridized carbons (Fsp3) is 0.897. The lowest BCUT2D eigenvalue weighted by Gasteiger charge is -2.15. The topological polar surface area (TPSA) is 55.8 Å². The molecular weight excluding hydrogens is 412 g/mol. The molecule has 0 saturated carbocycles. The number of allylic oxidation sites excluding steroid dienone is 2. The molecule has 0 heterocycles. The molecule has 4 heteroatoms. The van der Waals surface area contributed by atoms with Crippen molar-refractivity contribution in [2.75, 3.05) is 19.8 Å². The highest BCUT2D eigenvalue weighted by Crippen LogP contribution is 2.12. The monoisotopic (exact) mass is 468 g/mol. The summed E-state index contributed by atoms with van der Waals surface area (Å²) in [6, 6.07) is 0. The van der Waals surface area contributed by atoms with E-state index in [9.17, 15) is 9.90 Å². The van der Waals surface area contributed by atoms with Gasteiger partial charge in [-0.3, -0.25) is 4.79 Å². The van der Waals surface area contributed by atoms with Crippen molar-refractivity contribution in [3.05, 3.63) is 12.2 Å². The molecule has 0 aliphatic heterocycles. The molecule has 0 aliphatic carbocycles. The fourth-order valence-corrected chi connectivity index (χ4v) is 3.95. The number of esters is 1. The van der Waals surface area contributed by atoms with E-state index in [4.69, 9.17) is 9.47 Å². The van der Waals surface area contributed by atoms with Crippen molar-refractivity contribution in [1.29, 1.82) is 0 Å². The number of carbonyl (C=O) groups excluding carboxylic acids is 1. The van der Waals surface area contributed by atoms with E-state index in [0.29, 0.717) is 19.6 Å². The lowest BCUT2D eigenvalue weighted by Crippen LogP contribution is -2.27. The van der Waals surface area contributed by atoms with Crippen molar-refractivity contribution >= 4 is 5.97 Å². The smallest absolute Gasteiger partial charge is 0.306 e. The van der Waals surface area contributed by atoms with Crippen LogP contribution in [0.25, 0.3) is 0 Å². The normalized spacial score (nSPS) is 12.5. The Morgan fingerprint density at radius 3 is 1.67 bits per heavy atom. The van der Waals surface area contributed by atoms with E-state index in [1.54, 1.807) is 0 Å². The molecule has 196 valence electrons. The van der Waals surface area contributed by atoms with Gasteiger partial charge in [0.05, 0.1) is 13.2 Å². The molecule has 0 fully saturated rings. The average molecular weight is 469 g/mol. The summed E-state index contributed by atoms with van der Waals surface area (Å²) in [7, 11) is 0. The van der Waals surface area contributed by atoms with Crippen LogP contribution in [0.1, 0.15) is 142 Å². The number of unbranched alkanes of at least 4 members (excludes halogenated alkanes) is 16. The van der Waals surface area contributed by atoms with Crippen LogP contribution in [0.15, 0.2) is 12.2 Å². The summed E-state index contributed by atoms with van der Waals surface area (Å²) in [5.41, 5.74) is 0. The standard InChI is InChI=1S/C29H56O4/c1-3-5-6-7-8-9-10-11-12-13-14-15-16-17-18-19-20-21-22-23-25-32-27-28(26-30)33-29(31)24-4-2/h11-12,28,30H,3-10,13-27H2,1-2H3/b12-11-. The maximum atomic E-state index is 11.4. The van der Waals surface area contributed by atoms with Crippen LogP contribution in [0.4, 0.5) is 0 Å². The van der Waals surface area contributed by atoms with E-state index in [1.807, 2.05) is 6.92 Å². The molecule has 1 atom stereocenters. The van der Waals surface area contributed by atoms with Crippen molar-refractivity contribution in [3.8, 4) is 0 Å². The van der Waals surface area contributed by atoms with E-state index < -0.39 is 6.10 Å². The minimum absolute atomic E-state index is 0.175. The van der Waals surface area contributed by atoms with Crippen molar-refractivity contribution in [3.63, 3.8) is 0 Å². The Labute approximate surface area is 205 Å². The minimum Gasteiger partial charge on any atom is -0.457 e. The van der Waals surface area contributed by atoms with Crippen molar-refractivity contribution in [2.24, 2.45) is 0 Å². The molecule has 0 amide bonds. The van der Waals surface area contributed by atoms with Gasteiger partial charge in [0, 0.05) is 13.0 Å². The van der Waals surface area contributed by atoms with Gasteiger partial charge in [0.15, 0.2) is 0 Å². The van der Waals surface area contributed by atoms with Crippen LogP contribution in [0, 0.1) is 0 Å². The second-order valence-corrected chi connectivity index (χ2v) is 9.47. The van der Waals surface area contributed by atoms with Crippen molar-refractivity contribution in [2.45, 2.75) is 148 Å². The summed E-state index contributed by atoms with van der Waals surface area (Å²) in [6.45, 7) is 5.00. The van der Waals surface area contributed by atoms with E-state index >= 15 is 0 Å². The van der Waals surface area contributed by atoms with Gasteiger partial charge < -0.3 is 14.6 Å². The zero-order valence-electron chi connectivity index (χ0n) is 22.2. The zero-order chi connectivity index (χ0) is 24.2. The molecule has 4 nitrogen and oxygen atoms in total. The third-order valence-corrected chi connectivity index (χ3v) is 6.06. The summed E-state index contributed by atoms with van der Waals surface area (Å²) in [4.78, 5) is 11.4. The predicted octanol–water partition coefficient (Wildman–Crippen LogP) is 8.31. The zero-order valence-corrected chi connectivity index (χ0v) is 22.2. The Hall–Kier alpha value is -0.870. The highest BCUT2D eigenvalue weighted by atomic mass is 16.6. The van der Waals surface area contributed by atoms with Crippen molar-refractivity contribution < 1.29 is 19.4 Å². The largest absolute Gasteiger partial charge is 0.457 e. The van der Waals surface area contributed by atoms with E-state index in [-0.39, 0.29) is 12.6 Å². The van der Waals surface area contributed by atoms with Gasteiger partial charge in [-0.25, -0.2) is 0 Å². The predicted molar refractivity (Wildman–Crippen MR) is 141 cm³/mol. The number of carbonyl (C=O) groups is 1. The summed E-state index contributed by atoms with van der Waals surface area (Å²) in [6.07, 6.45) is 29.3. The summed E-state index contributed by atoms with van der Waals surface area (Å²) < 4.78 is 10.7. The Morgan fingerprint density at radius 2 is 1.18 bits per heavy atom. The lowest BCUT2D eigenvalue weighted by atomic mass is 10.1. The highest BCUT2D eigenvalue weighted by Gasteiger charge is 2.12. The molecule has 0 aromatic rings. The number of hydrogen-bond donors (Lipinski definition) is 1. The Kier molecular flexibility index (Phi) is 26.7. The van der Waals surface area contributed by atoms with Crippen LogP contribution in [-0.4, -0.2) is 37.0 Å². The molecule has 0 radical (unpaired) electrons.